The van der Waals surface area contributed by atoms with Gasteiger partial charge in [-0.3, -0.25) is 0 Å². The van der Waals surface area contributed by atoms with Crippen LogP contribution < -0.4 is 9.80 Å². The number of fused-ring (bicyclic) bond motifs is 4. The summed E-state index contributed by atoms with van der Waals surface area (Å²) in [6.45, 7) is 0. The molecule has 0 aromatic heterocycles. The molecular formula is C80H50F2N2. The van der Waals surface area contributed by atoms with Gasteiger partial charge in [-0.2, -0.15) is 0 Å². The van der Waals surface area contributed by atoms with E-state index in [1.54, 1.807) is 24.3 Å². The Morgan fingerprint density at radius 2 is 0.560 bits per heavy atom. The number of rotatable bonds is 10. The Balaban J connectivity index is 0.967. The Morgan fingerprint density at radius 3 is 0.929 bits per heavy atom. The molecule has 0 fully saturated rings. The minimum absolute atomic E-state index is 0.112. The molecule has 0 N–H and O–H groups in total. The van der Waals surface area contributed by atoms with Crippen molar-refractivity contribution in [3.8, 4) is 44.5 Å². The summed E-state index contributed by atoms with van der Waals surface area (Å²) in [7, 11) is 0. The van der Waals surface area contributed by atoms with Gasteiger partial charge in [0.25, 0.3) is 0 Å². The molecule has 0 aliphatic carbocycles. The second-order valence-corrected chi connectivity index (χ2v) is 21.1. The van der Waals surface area contributed by atoms with Gasteiger partial charge in [-0.05, 0) is 171 Å². The van der Waals surface area contributed by atoms with Gasteiger partial charge in [0, 0.05) is 33.3 Å². The van der Waals surface area contributed by atoms with Crippen LogP contribution in [0, 0.1) is 11.6 Å². The monoisotopic (exact) mass is 1090 g/mol. The fourth-order valence-corrected chi connectivity index (χ4v) is 12.5. The van der Waals surface area contributed by atoms with Crippen molar-refractivity contribution in [3.63, 3.8) is 0 Å². The molecule has 0 amide bonds. The van der Waals surface area contributed by atoms with Crippen molar-refractivity contribution in [1.29, 1.82) is 0 Å². The molecule has 4 heteroatoms. The van der Waals surface area contributed by atoms with Crippen molar-refractivity contribution in [2.24, 2.45) is 0 Å². The summed E-state index contributed by atoms with van der Waals surface area (Å²) in [6.07, 6.45) is 0. The molecule has 0 unspecified atom stereocenters. The molecule has 0 saturated carbocycles. The molecule has 16 aromatic carbocycles. The molecule has 16 rings (SSSR count). The van der Waals surface area contributed by atoms with Crippen LogP contribution in [0.3, 0.4) is 0 Å². The standard InChI is InChI=1S/C80H50F2N2/c81-79-73(45-41-67(61-31-27-51-15-7-11-19-57(51)47-61)77(79)63-33-29-53-17-9-13-21-59(53)49-63)83(65-23-3-1-4-24-65)71-43-37-55-36-40-70-72(44-38-56-35-39-69(71)75(55)76(56)70)84(66-25-5-2-6-26-66)74-46-42-68(62-32-28-52-16-8-12-20-58(52)48-62)78(80(74)82)64-34-30-54-18-10-14-22-60(54)50-64/h1-50H/i1D,2D,3D,4D,5D,6D,23D,24D,25D,26D. The Hall–Kier alpha value is -10.9. The van der Waals surface area contributed by atoms with Gasteiger partial charge < -0.3 is 9.80 Å². The van der Waals surface area contributed by atoms with E-state index in [-0.39, 0.29) is 45.3 Å². The van der Waals surface area contributed by atoms with E-state index in [1.807, 2.05) is 218 Å². The molecular weight excluding hydrogens is 1030 g/mol. The van der Waals surface area contributed by atoms with Gasteiger partial charge in [-0.15, -0.1) is 0 Å². The van der Waals surface area contributed by atoms with Gasteiger partial charge in [0.1, 0.15) is 0 Å². The van der Waals surface area contributed by atoms with E-state index in [1.165, 1.54) is 9.80 Å². The summed E-state index contributed by atoms with van der Waals surface area (Å²) in [6, 6.07) is 70.0. The first-order valence-corrected chi connectivity index (χ1v) is 27.7. The average Bonchev–Trinajstić information content (AvgIpc) is 0.715. The van der Waals surface area contributed by atoms with Crippen molar-refractivity contribution in [1.82, 2.24) is 0 Å². The van der Waals surface area contributed by atoms with Crippen molar-refractivity contribution in [2.75, 3.05) is 9.80 Å². The van der Waals surface area contributed by atoms with Crippen LogP contribution in [0.5, 0.6) is 0 Å². The zero-order valence-electron chi connectivity index (χ0n) is 54.7. The Bertz CT molecular complexity index is 5480. The lowest BCUT2D eigenvalue weighted by Gasteiger charge is -2.30. The van der Waals surface area contributed by atoms with Crippen LogP contribution in [0.1, 0.15) is 13.7 Å². The summed E-state index contributed by atoms with van der Waals surface area (Å²) >= 11 is 0. The van der Waals surface area contributed by atoms with Crippen molar-refractivity contribution >= 4 is 110 Å². The molecule has 0 aliphatic rings. The fraction of sp³-hybridized carbons (Fsp3) is 0. The van der Waals surface area contributed by atoms with Crippen LogP contribution in [0.15, 0.2) is 303 Å². The molecule has 84 heavy (non-hydrogen) atoms. The zero-order valence-corrected chi connectivity index (χ0v) is 44.7. The molecule has 0 aliphatic heterocycles. The van der Waals surface area contributed by atoms with E-state index in [4.69, 9.17) is 8.22 Å². The van der Waals surface area contributed by atoms with Gasteiger partial charge >= 0.3 is 0 Å². The summed E-state index contributed by atoms with van der Waals surface area (Å²) in [5.41, 5.74) is 3.75. The lowest BCUT2D eigenvalue weighted by molar-refractivity contribution is 0.632. The topological polar surface area (TPSA) is 6.48 Å². The SMILES string of the molecule is [2H]c1c([2H])c([2H])c(N(c2ccc(-c3ccc4ccccc4c3)c(-c3ccc4ccccc4c3)c2F)c2ccc3ccc4c(N(c5ccc(-c6ccc7ccccc7c6)c(-c6ccc7ccccc7c6)c5F)c5c([2H])c([2H])c([2H])c([2H])c5[2H])ccc5ccc2c3c54)c([2H])c1[2H]. The molecule has 394 valence electrons. The maximum atomic E-state index is 19.2. The summed E-state index contributed by atoms with van der Waals surface area (Å²) in [4.78, 5) is 2.83. The third-order valence-corrected chi connectivity index (χ3v) is 16.4. The van der Waals surface area contributed by atoms with Crippen LogP contribution in [-0.4, -0.2) is 0 Å². The normalized spacial score (nSPS) is 13.4. The van der Waals surface area contributed by atoms with Crippen molar-refractivity contribution in [2.45, 2.75) is 0 Å². The molecule has 0 radical (unpaired) electrons. The van der Waals surface area contributed by atoms with Crippen molar-refractivity contribution in [3.05, 3.63) is 315 Å². The molecule has 0 saturated heterocycles. The summed E-state index contributed by atoms with van der Waals surface area (Å²) in [5, 5.41) is 11.0. The molecule has 16 aromatic rings. The first-order chi connectivity index (χ1) is 45.6. The predicted octanol–water partition coefficient (Wildman–Crippen LogP) is 23.1. The number of benzene rings is 16. The highest BCUT2D eigenvalue weighted by atomic mass is 19.1. The van der Waals surface area contributed by atoms with Crippen molar-refractivity contribution < 1.29 is 22.5 Å². The molecule has 0 bridgehead atoms. The van der Waals surface area contributed by atoms with E-state index in [0.717, 1.165) is 54.2 Å². The van der Waals surface area contributed by atoms with Gasteiger partial charge in [0.2, 0.25) is 0 Å². The Morgan fingerprint density at radius 1 is 0.262 bits per heavy atom. The second-order valence-electron chi connectivity index (χ2n) is 21.1. The second kappa shape index (κ2) is 19.9. The van der Waals surface area contributed by atoms with Crippen LogP contribution >= 0.6 is 0 Å². The minimum Gasteiger partial charge on any atom is -0.307 e. The van der Waals surface area contributed by atoms with E-state index >= 15 is 8.78 Å². The lowest BCUT2D eigenvalue weighted by Crippen LogP contribution is -2.14. The van der Waals surface area contributed by atoms with Gasteiger partial charge in [0.05, 0.1) is 36.5 Å². The number of nitrogens with zero attached hydrogens (tertiary/aromatic N) is 2. The third kappa shape index (κ3) is 8.14. The van der Waals surface area contributed by atoms with Gasteiger partial charge in [-0.1, -0.05) is 230 Å². The maximum absolute atomic E-state index is 19.2. The highest BCUT2D eigenvalue weighted by Gasteiger charge is 2.28. The van der Waals surface area contributed by atoms with Gasteiger partial charge in [-0.25, -0.2) is 8.78 Å². The number of para-hydroxylation sites is 2. The summed E-state index contributed by atoms with van der Waals surface area (Å²) in [5.74, 6) is -1.46. The van der Waals surface area contributed by atoms with E-state index < -0.39 is 72.1 Å². The molecule has 2 nitrogen and oxygen atoms in total. The Kier molecular flexibility index (Phi) is 9.37. The highest BCUT2D eigenvalue weighted by Crippen LogP contribution is 2.51. The van der Waals surface area contributed by atoms with Crippen LogP contribution in [0.25, 0.3) is 120 Å². The lowest BCUT2D eigenvalue weighted by atomic mass is 9.89. The van der Waals surface area contributed by atoms with Crippen LogP contribution in [0.2, 0.25) is 0 Å². The largest absolute Gasteiger partial charge is 0.307 e. The number of hydrogen-bond acceptors (Lipinski definition) is 2. The third-order valence-electron chi connectivity index (χ3n) is 16.4. The van der Waals surface area contributed by atoms with Gasteiger partial charge in [0.15, 0.2) is 11.6 Å². The van der Waals surface area contributed by atoms with E-state index in [0.29, 0.717) is 54.6 Å². The maximum Gasteiger partial charge on any atom is 0.155 e. The number of hydrogen-bond donors (Lipinski definition) is 0. The average molecular weight is 1090 g/mol. The predicted molar refractivity (Wildman–Crippen MR) is 351 cm³/mol. The van der Waals surface area contributed by atoms with Crippen LogP contribution in [-0.2, 0) is 0 Å². The molecule has 0 atom stereocenters. The zero-order chi connectivity index (χ0) is 64.5. The Labute approximate surface area is 499 Å². The minimum atomic E-state index is -0.730. The van der Waals surface area contributed by atoms with Crippen LogP contribution in [0.4, 0.5) is 42.9 Å². The number of anilines is 6. The highest BCUT2D eigenvalue weighted by molar-refractivity contribution is 6.28. The first kappa shape index (κ1) is 39.5. The quantitative estimate of drug-likeness (QED) is 0.126. The van der Waals surface area contributed by atoms with E-state index in [2.05, 4.69) is 0 Å². The smallest absolute Gasteiger partial charge is 0.155 e. The fourth-order valence-electron chi connectivity index (χ4n) is 12.5. The first-order valence-electron chi connectivity index (χ1n) is 32.7. The summed E-state index contributed by atoms with van der Waals surface area (Å²) < 4.78 is 131. The number of halogens is 2. The molecule has 0 spiro atoms. The molecule has 0 heterocycles. The van der Waals surface area contributed by atoms with E-state index in [9.17, 15) is 5.48 Å².